The monoisotopic (exact) mass is 244 g/mol. The summed E-state index contributed by atoms with van der Waals surface area (Å²) in [5, 5.41) is 4.92. The van der Waals surface area contributed by atoms with Gasteiger partial charge in [0.2, 0.25) is 0 Å². The van der Waals surface area contributed by atoms with Gasteiger partial charge in [-0.25, -0.2) is 0 Å². The Morgan fingerprint density at radius 3 is 3.00 bits per heavy atom. The van der Waals surface area contributed by atoms with Crippen molar-refractivity contribution in [3.63, 3.8) is 0 Å². The van der Waals surface area contributed by atoms with Gasteiger partial charge in [-0.1, -0.05) is 18.2 Å². The maximum absolute atomic E-state index is 12.2. The molecule has 1 aliphatic heterocycles. The van der Waals surface area contributed by atoms with E-state index in [1.54, 1.807) is 6.20 Å². The molecular weight excluding hydrogens is 228 g/mol. The molecule has 0 radical (unpaired) electrons. The van der Waals surface area contributed by atoms with Crippen LogP contribution in [0.2, 0.25) is 0 Å². The number of rotatable bonds is 2. The number of hydrogen-bond donors (Lipinski definition) is 1. The Bertz CT molecular complexity index is 600. The predicted octanol–water partition coefficient (Wildman–Crippen LogP) is 1.18. The summed E-state index contributed by atoms with van der Waals surface area (Å²) in [5.74, 6) is 0. The van der Waals surface area contributed by atoms with Crippen LogP contribution < -0.4 is 15.7 Å². The Kier molecular flexibility index (Phi) is 3.02. The molecule has 0 amide bonds. The normalized spacial score (nSPS) is 19.9. The zero-order valence-electron chi connectivity index (χ0n) is 10.1. The second kappa shape index (κ2) is 4.82. The topological polar surface area (TPSA) is 43.3 Å². The molecule has 1 fully saturated rings. The molecule has 1 aromatic carbocycles. The van der Waals surface area contributed by atoms with Crippen LogP contribution in [0.15, 0.2) is 41.3 Å². The maximum atomic E-state index is 12.2. The van der Waals surface area contributed by atoms with E-state index in [9.17, 15) is 4.79 Å². The van der Waals surface area contributed by atoms with E-state index in [4.69, 9.17) is 4.84 Å². The Morgan fingerprint density at radius 2 is 2.17 bits per heavy atom. The van der Waals surface area contributed by atoms with E-state index in [2.05, 4.69) is 5.32 Å². The number of aromatic nitrogens is 1. The smallest absolute Gasteiger partial charge is 0.290 e. The average molecular weight is 244 g/mol. The van der Waals surface area contributed by atoms with Crippen LogP contribution in [0.1, 0.15) is 12.8 Å². The lowest BCUT2D eigenvalue weighted by Crippen LogP contribution is -2.42. The summed E-state index contributed by atoms with van der Waals surface area (Å²) < 4.78 is 1.36. The van der Waals surface area contributed by atoms with Crippen LogP contribution in [0.4, 0.5) is 0 Å². The number of fused-ring (bicyclic) bond motifs is 1. The first-order valence-corrected chi connectivity index (χ1v) is 6.33. The predicted molar refractivity (Wildman–Crippen MR) is 70.7 cm³/mol. The molecule has 18 heavy (non-hydrogen) atoms. The van der Waals surface area contributed by atoms with E-state index in [1.807, 2.05) is 30.3 Å². The third kappa shape index (κ3) is 2.11. The first-order valence-electron chi connectivity index (χ1n) is 6.33. The number of benzene rings is 1. The van der Waals surface area contributed by atoms with Crippen LogP contribution in [0, 0.1) is 0 Å². The molecule has 0 spiro atoms. The summed E-state index contributed by atoms with van der Waals surface area (Å²) in [6.45, 7) is 1.84. The summed E-state index contributed by atoms with van der Waals surface area (Å²) in [5.41, 5.74) is -0.0846. The van der Waals surface area contributed by atoms with Crippen LogP contribution in [-0.2, 0) is 0 Å². The summed E-state index contributed by atoms with van der Waals surface area (Å²) in [4.78, 5) is 18.0. The first kappa shape index (κ1) is 11.3. The zero-order valence-corrected chi connectivity index (χ0v) is 10.1. The fourth-order valence-corrected chi connectivity index (χ4v) is 2.32. The van der Waals surface area contributed by atoms with Crippen molar-refractivity contribution in [2.75, 3.05) is 13.1 Å². The first-order chi connectivity index (χ1) is 8.84. The van der Waals surface area contributed by atoms with Gasteiger partial charge in [0, 0.05) is 12.7 Å². The third-order valence-corrected chi connectivity index (χ3v) is 3.30. The van der Waals surface area contributed by atoms with Crippen molar-refractivity contribution in [3.05, 3.63) is 46.9 Å². The lowest BCUT2D eigenvalue weighted by Gasteiger charge is -2.24. The van der Waals surface area contributed by atoms with E-state index >= 15 is 0 Å². The second-order valence-electron chi connectivity index (χ2n) is 4.61. The van der Waals surface area contributed by atoms with Gasteiger partial charge in [-0.3, -0.25) is 4.79 Å². The van der Waals surface area contributed by atoms with Gasteiger partial charge < -0.3 is 10.2 Å². The standard InChI is InChI=1S/C14H16N2O2/c17-14-13-6-2-1-4-11(13)7-9-16(14)18-12-5-3-8-15-10-12/h1-2,4,6-7,9,12,15H,3,5,8,10H2. The quantitative estimate of drug-likeness (QED) is 0.862. The lowest BCUT2D eigenvalue weighted by atomic mass is 10.1. The van der Waals surface area contributed by atoms with Crippen LogP contribution in [0.3, 0.4) is 0 Å². The van der Waals surface area contributed by atoms with E-state index in [0.29, 0.717) is 5.39 Å². The molecule has 0 saturated carbocycles. The van der Waals surface area contributed by atoms with Crippen molar-refractivity contribution < 1.29 is 4.84 Å². The molecule has 0 aliphatic carbocycles. The summed E-state index contributed by atoms with van der Waals surface area (Å²) in [7, 11) is 0. The molecule has 3 rings (SSSR count). The minimum Gasteiger partial charge on any atom is -0.406 e. The van der Waals surface area contributed by atoms with Gasteiger partial charge in [0.25, 0.3) is 5.56 Å². The molecule has 1 N–H and O–H groups in total. The van der Waals surface area contributed by atoms with Crippen molar-refractivity contribution in [2.45, 2.75) is 18.9 Å². The Balaban J connectivity index is 1.92. The lowest BCUT2D eigenvalue weighted by molar-refractivity contribution is 0.0177. The molecule has 0 bridgehead atoms. The van der Waals surface area contributed by atoms with E-state index < -0.39 is 0 Å². The minimum atomic E-state index is -0.0846. The highest BCUT2D eigenvalue weighted by molar-refractivity contribution is 5.81. The molecule has 1 unspecified atom stereocenters. The molecule has 1 saturated heterocycles. The van der Waals surface area contributed by atoms with Crippen molar-refractivity contribution in [3.8, 4) is 0 Å². The van der Waals surface area contributed by atoms with Crippen molar-refractivity contribution in [1.29, 1.82) is 0 Å². The zero-order chi connectivity index (χ0) is 12.4. The molecule has 1 aromatic heterocycles. The molecule has 1 aliphatic rings. The molecule has 4 heteroatoms. The van der Waals surface area contributed by atoms with Gasteiger partial charge in [-0.05, 0) is 36.9 Å². The Hall–Kier alpha value is -1.81. The van der Waals surface area contributed by atoms with Crippen molar-refractivity contribution in [1.82, 2.24) is 10.0 Å². The van der Waals surface area contributed by atoms with Gasteiger partial charge in [-0.2, -0.15) is 4.73 Å². The number of pyridine rings is 1. The van der Waals surface area contributed by atoms with Gasteiger partial charge >= 0.3 is 0 Å². The highest BCUT2D eigenvalue weighted by Gasteiger charge is 2.15. The highest BCUT2D eigenvalue weighted by Crippen LogP contribution is 2.08. The van der Waals surface area contributed by atoms with Crippen LogP contribution in [-0.4, -0.2) is 23.9 Å². The summed E-state index contributed by atoms with van der Waals surface area (Å²) >= 11 is 0. The maximum Gasteiger partial charge on any atom is 0.290 e. The molecule has 2 heterocycles. The highest BCUT2D eigenvalue weighted by atomic mass is 16.7. The fraction of sp³-hybridized carbons (Fsp3) is 0.357. The number of nitrogens with zero attached hydrogens (tertiary/aromatic N) is 1. The molecule has 94 valence electrons. The fourth-order valence-electron chi connectivity index (χ4n) is 2.32. The largest absolute Gasteiger partial charge is 0.406 e. The van der Waals surface area contributed by atoms with Crippen molar-refractivity contribution >= 4 is 10.8 Å². The number of hydrogen-bond acceptors (Lipinski definition) is 3. The summed E-state index contributed by atoms with van der Waals surface area (Å²) in [6.07, 6.45) is 3.87. The van der Waals surface area contributed by atoms with E-state index in [-0.39, 0.29) is 11.7 Å². The number of piperidine rings is 1. The summed E-state index contributed by atoms with van der Waals surface area (Å²) in [6, 6.07) is 9.47. The van der Waals surface area contributed by atoms with Gasteiger partial charge in [0.1, 0.15) is 6.10 Å². The Morgan fingerprint density at radius 1 is 1.28 bits per heavy atom. The molecular formula is C14H16N2O2. The SMILES string of the molecule is O=c1c2ccccc2ccn1OC1CCCNC1. The van der Waals surface area contributed by atoms with Crippen molar-refractivity contribution in [2.24, 2.45) is 0 Å². The third-order valence-electron chi connectivity index (χ3n) is 3.30. The number of nitrogens with one attached hydrogen (secondary N) is 1. The van der Waals surface area contributed by atoms with Crippen LogP contribution in [0.25, 0.3) is 10.8 Å². The average Bonchev–Trinajstić information content (AvgIpc) is 2.43. The van der Waals surface area contributed by atoms with Crippen LogP contribution in [0.5, 0.6) is 0 Å². The van der Waals surface area contributed by atoms with Gasteiger partial charge in [0.05, 0.1) is 5.39 Å². The van der Waals surface area contributed by atoms with E-state index in [1.165, 1.54) is 4.73 Å². The Labute approximate surface area is 105 Å². The minimum absolute atomic E-state index is 0.0811. The molecule has 4 nitrogen and oxygen atoms in total. The molecule has 1 atom stereocenters. The van der Waals surface area contributed by atoms with Gasteiger partial charge in [0.15, 0.2) is 0 Å². The van der Waals surface area contributed by atoms with Gasteiger partial charge in [-0.15, -0.1) is 0 Å². The van der Waals surface area contributed by atoms with E-state index in [0.717, 1.165) is 31.3 Å². The second-order valence-corrected chi connectivity index (χ2v) is 4.61. The molecule has 2 aromatic rings. The van der Waals surface area contributed by atoms with Crippen LogP contribution >= 0.6 is 0 Å².